The van der Waals surface area contributed by atoms with Crippen LogP contribution in [0.1, 0.15) is 25.3 Å². The summed E-state index contributed by atoms with van der Waals surface area (Å²) in [4.78, 5) is 12.7. The Morgan fingerprint density at radius 3 is 2.27 bits per heavy atom. The van der Waals surface area contributed by atoms with Gasteiger partial charge in [0.2, 0.25) is 0 Å². The number of likely N-dealkylation sites (N-methyl/N-ethyl adjacent to an activating group) is 1. The van der Waals surface area contributed by atoms with Crippen molar-refractivity contribution in [3.63, 3.8) is 0 Å². The van der Waals surface area contributed by atoms with Crippen molar-refractivity contribution < 1.29 is 19.4 Å². The predicted octanol–water partition coefficient (Wildman–Crippen LogP) is 3.88. The highest BCUT2D eigenvalue weighted by atomic mass is 16.5. The molecule has 0 amide bonds. The summed E-state index contributed by atoms with van der Waals surface area (Å²) in [6.45, 7) is 5.50. The summed E-state index contributed by atoms with van der Waals surface area (Å²) in [5, 5.41) is 8.67. The molecule has 5 heteroatoms. The molecule has 2 aromatic rings. The number of nitrogens with zero attached hydrogens (tertiary/aromatic N) is 1. The molecule has 0 bridgehead atoms. The molecule has 26 heavy (non-hydrogen) atoms. The molecule has 5 nitrogen and oxygen atoms in total. The van der Waals surface area contributed by atoms with Crippen LogP contribution in [0, 0.1) is 0 Å². The van der Waals surface area contributed by atoms with Gasteiger partial charge in [-0.15, -0.1) is 0 Å². The van der Waals surface area contributed by atoms with Crippen LogP contribution in [0.2, 0.25) is 0 Å². The monoisotopic (exact) mass is 357 g/mol. The van der Waals surface area contributed by atoms with Gasteiger partial charge in [-0.2, -0.15) is 0 Å². The van der Waals surface area contributed by atoms with Crippen molar-refractivity contribution in [3.05, 3.63) is 48.0 Å². The van der Waals surface area contributed by atoms with Crippen molar-refractivity contribution in [2.75, 3.05) is 33.9 Å². The van der Waals surface area contributed by atoms with Gasteiger partial charge in [0.15, 0.2) is 6.61 Å². The Labute approximate surface area is 155 Å². The van der Waals surface area contributed by atoms with Crippen molar-refractivity contribution in [2.24, 2.45) is 0 Å². The Morgan fingerprint density at radius 2 is 1.69 bits per heavy atom. The van der Waals surface area contributed by atoms with Gasteiger partial charge < -0.3 is 19.5 Å². The van der Waals surface area contributed by atoms with E-state index in [1.54, 1.807) is 12.1 Å². The zero-order valence-corrected chi connectivity index (χ0v) is 15.9. The van der Waals surface area contributed by atoms with E-state index < -0.39 is 5.97 Å². The lowest BCUT2D eigenvalue weighted by atomic mass is 9.96. The molecular weight excluding hydrogens is 330 g/mol. The number of carboxylic acids is 1. The third-order valence-electron chi connectivity index (χ3n) is 3.98. The van der Waals surface area contributed by atoms with E-state index in [1.165, 1.54) is 5.56 Å². The summed E-state index contributed by atoms with van der Waals surface area (Å²) in [6.07, 6.45) is 0. The van der Waals surface area contributed by atoms with E-state index in [-0.39, 0.29) is 6.61 Å². The smallest absolute Gasteiger partial charge is 0.341 e. The van der Waals surface area contributed by atoms with Crippen LogP contribution < -0.4 is 9.47 Å². The predicted molar refractivity (Wildman–Crippen MR) is 103 cm³/mol. The number of rotatable bonds is 9. The van der Waals surface area contributed by atoms with E-state index in [1.807, 2.05) is 38.4 Å². The molecule has 2 rings (SSSR count). The number of hydrogen-bond donors (Lipinski definition) is 1. The number of carbonyl (C=O) groups is 1. The fourth-order valence-electron chi connectivity index (χ4n) is 2.54. The van der Waals surface area contributed by atoms with E-state index >= 15 is 0 Å². The molecule has 1 N–H and O–H groups in total. The minimum Gasteiger partial charge on any atom is -0.492 e. The van der Waals surface area contributed by atoms with Gasteiger partial charge in [0.25, 0.3) is 0 Å². The fraction of sp³-hybridized carbons (Fsp3) is 0.381. The van der Waals surface area contributed by atoms with Crippen LogP contribution in [0.3, 0.4) is 0 Å². The summed E-state index contributed by atoms with van der Waals surface area (Å²) in [6, 6.07) is 13.7. The summed E-state index contributed by atoms with van der Waals surface area (Å²) in [5.74, 6) is 0.832. The third-order valence-corrected chi connectivity index (χ3v) is 3.98. The Bertz CT molecular complexity index is 723. The van der Waals surface area contributed by atoms with Gasteiger partial charge in [-0.25, -0.2) is 4.79 Å². The van der Waals surface area contributed by atoms with Crippen LogP contribution in [0.5, 0.6) is 11.5 Å². The molecule has 0 aromatic heterocycles. The van der Waals surface area contributed by atoms with Gasteiger partial charge in [-0.1, -0.05) is 32.0 Å². The molecule has 2 aromatic carbocycles. The van der Waals surface area contributed by atoms with Crippen molar-refractivity contribution in [1.29, 1.82) is 0 Å². The van der Waals surface area contributed by atoms with Crippen molar-refractivity contribution in [1.82, 2.24) is 4.90 Å². The van der Waals surface area contributed by atoms with Crippen LogP contribution in [0.25, 0.3) is 11.1 Å². The van der Waals surface area contributed by atoms with E-state index in [0.29, 0.717) is 18.3 Å². The van der Waals surface area contributed by atoms with E-state index in [2.05, 4.69) is 24.8 Å². The van der Waals surface area contributed by atoms with Crippen molar-refractivity contribution in [2.45, 2.75) is 19.8 Å². The Hall–Kier alpha value is -2.53. The van der Waals surface area contributed by atoms with Crippen LogP contribution in [-0.4, -0.2) is 49.8 Å². The van der Waals surface area contributed by atoms with Crippen LogP contribution >= 0.6 is 0 Å². The highest BCUT2D eigenvalue weighted by Gasteiger charge is 2.11. The first-order valence-corrected chi connectivity index (χ1v) is 8.73. The molecule has 0 spiro atoms. The zero-order valence-electron chi connectivity index (χ0n) is 15.9. The minimum atomic E-state index is -0.986. The number of aliphatic carboxylic acids is 1. The standard InChI is InChI=1S/C21H27NO4/c1-15(2)19-13-17(7-10-20(19)25-12-11-22(3)4)16-5-8-18(9-6-16)26-14-21(23)24/h5-10,13,15H,11-12,14H2,1-4H3,(H,23,24). The second-order valence-electron chi connectivity index (χ2n) is 6.77. The second-order valence-corrected chi connectivity index (χ2v) is 6.77. The number of ether oxygens (including phenoxy) is 2. The molecular formula is C21H27NO4. The summed E-state index contributed by atoms with van der Waals surface area (Å²) >= 11 is 0. The SMILES string of the molecule is CC(C)c1cc(-c2ccc(OCC(=O)O)cc2)ccc1OCCN(C)C. The van der Waals surface area contributed by atoms with Gasteiger partial charge in [0, 0.05) is 6.54 Å². The van der Waals surface area contributed by atoms with Gasteiger partial charge >= 0.3 is 5.97 Å². The zero-order chi connectivity index (χ0) is 19.1. The normalized spacial score (nSPS) is 11.0. The number of hydrogen-bond acceptors (Lipinski definition) is 4. The number of benzene rings is 2. The van der Waals surface area contributed by atoms with E-state index in [0.717, 1.165) is 23.4 Å². The molecule has 0 saturated carbocycles. The lowest BCUT2D eigenvalue weighted by Crippen LogP contribution is -2.19. The number of carboxylic acid groups (broad SMARTS) is 1. The molecule has 0 fully saturated rings. The van der Waals surface area contributed by atoms with E-state index in [9.17, 15) is 4.79 Å². The maximum absolute atomic E-state index is 10.6. The lowest BCUT2D eigenvalue weighted by molar-refractivity contribution is -0.139. The summed E-state index contributed by atoms with van der Waals surface area (Å²) < 4.78 is 11.1. The fourth-order valence-corrected chi connectivity index (χ4v) is 2.54. The topological polar surface area (TPSA) is 59.0 Å². The van der Waals surface area contributed by atoms with Gasteiger partial charge in [0.05, 0.1) is 0 Å². The molecule has 0 heterocycles. The van der Waals surface area contributed by atoms with Gasteiger partial charge in [0.1, 0.15) is 18.1 Å². The Morgan fingerprint density at radius 1 is 1.04 bits per heavy atom. The molecule has 0 atom stereocenters. The molecule has 0 aliphatic carbocycles. The summed E-state index contributed by atoms with van der Waals surface area (Å²) in [5.41, 5.74) is 3.32. The quantitative estimate of drug-likeness (QED) is 0.738. The van der Waals surface area contributed by atoms with Crippen molar-refractivity contribution >= 4 is 5.97 Å². The maximum atomic E-state index is 10.6. The highest BCUT2D eigenvalue weighted by Crippen LogP contribution is 2.32. The van der Waals surface area contributed by atoms with Gasteiger partial charge in [-0.3, -0.25) is 0 Å². The largest absolute Gasteiger partial charge is 0.492 e. The lowest BCUT2D eigenvalue weighted by Gasteiger charge is -2.17. The van der Waals surface area contributed by atoms with E-state index in [4.69, 9.17) is 14.6 Å². The average Bonchev–Trinajstić information content (AvgIpc) is 2.60. The molecule has 0 aliphatic rings. The Balaban J connectivity index is 2.16. The Kier molecular flexibility index (Phi) is 7.04. The van der Waals surface area contributed by atoms with Gasteiger partial charge in [-0.05, 0) is 61.0 Å². The van der Waals surface area contributed by atoms with Crippen LogP contribution in [-0.2, 0) is 4.79 Å². The average molecular weight is 357 g/mol. The first-order valence-electron chi connectivity index (χ1n) is 8.73. The van der Waals surface area contributed by atoms with Crippen LogP contribution in [0.15, 0.2) is 42.5 Å². The molecule has 140 valence electrons. The van der Waals surface area contributed by atoms with Crippen molar-refractivity contribution in [3.8, 4) is 22.6 Å². The highest BCUT2D eigenvalue weighted by molar-refractivity contribution is 5.69. The second kappa shape index (κ2) is 9.25. The molecule has 0 saturated heterocycles. The summed E-state index contributed by atoms with van der Waals surface area (Å²) in [7, 11) is 4.05. The first-order chi connectivity index (χ1) is 12.4. The van der Waals surface area contributed by atoms with Crippen LogP contribution in [0.4, 0.5) is 0 Å². The molecule has 0 unspecified atom stereocenters. The first kappa shape index (κ1) is 19.8. The molecule has 0 radical (unpaired) electrons. The minimum absolute atomic E-state index is 0.337. The molecule has 0 aliphatic heterocycles. The maximum Gasteiger partial charge on any atom is 0.341 e. The third kappa shape index (κ3) is 5.77.